The van der Waals surface area contributed by atoms with Crippen molar-refractivity contribution < 1.29 is 0 Å². The fourth-order valence-electron chi connectivity index (χ4n) is 3.02. The van der Waals surface area contributed by atoms with Gasteiger partial charge in [-0.2, -0.15) is 0 Å². The molecule has 21 heavy (non-hydrogen) atoms. The van der Waals surface area contributed by atoms with Crippen LogP contribution in [-0.4, -0.2) is 26.5 Å². The molecule has 0 amide bonds. The normalized spacial score (nSPS) is 18.5. The molecule has 3 aromatic rings. The molecule has 0 aliphatic carbocycles. The van der Waals surface area contributed by atoms with Crippen LogP contribution >= 0.6 is 11.6 Å². The Morgan fingerprint density at radius 2 is 2.00 bits per heavy atom. The molecule has 3 heterocycles. The standard InChI is InChI=1S/C15H14ClN5/c16-11-5-3-10(4-6-11)12-2-1-7-21(12)15-13-14(18-8-17-13)19-9-20-15/h3-6,8-9,12H,1-2,7H2,(H,17,18,19,20). The van der Waals surface area contributed by atoms with E-state index in [9.17, 15) is 0 Å². The molecule has 1 unspecified atom stereocenters. The molecule has 0 radical (unpaired) electrons. The minimum atomic E-state index is 0.323. The van der Waals surface area contributed by atoms with E-state index >= 15 is 0 Å². The van der Waals surface area contributed by atoms with Gasteiger partial charge in [0.2, 0.25) is 0 Å². The van der Waals surface area contributed by atoms with Crippen molar-refractivity contribution in [1.82, 2.24) is 19.9 Å². The van der Waals surface area contributed by atoms with Crippen molar-refractivity contribution in [2.45, 2.75) is 18.9 Å². The second-order valence-corrected chi connectivity index (χ2v) is 5.64. The molecule has 1 fully saturated rings. The van der Waals surface area contributed by atoms with Crippen molar-refractivity contribution in [3.8, 4) is 0 Å². The van der Waals surface area contributed by atoms with Crippen LogP contribution in [0.1, 0.15) is 24.4 Å². The van der Waals surface area contributed by atoms with Gasteiger partial charge in [-0.15, -0.1) is 0 Å². The molecular weight excluding hydrogens is 286 g/mol. The van der Waals surface area contributed by atoms with Gasteiger partial charge in [0.1, 0.15) is 11.8 Å². The number of H-pyrrole nitrogens is 1. The number of anilines is 1. The Balaban J connectivity index is 1.76. The quantitative estimate of drug-likeness (QED) is 0.788. The van der Waals surface area contributed by atoms with Gasteiger partial charge in [0, 0.05) is 11.6 Å². The van der Waals surface area contributed by atoms with Gasteiger partial charge in [-0.05, 0) is 30.5 Å². The zero-order valence-corrected chi connectivity index (χ0v) is 12.1. The molecule has 4 rings (SSSR count). The minimum Gasteiger partial charge on any atom is -0.348 e. The third kappa shape index (κ3) is 2.14. The Labute approximate surface area is 127 Å². The van der Waals surface area contributed by atoms with E-state index < -0.39 is 0 Å². The summed E-state index contributed by atoms with van der Waals surface area (Å²) in [5.41, 5.74) is 2.88. The second kappa shape index (κ2) is 5.00. The third-order valence-corrected chi connectivity index (χ3v) is 4.23. The molecule has 1 aromatic carbocycles. The summed E-state index contributed by atoms with van der Waals surface area (Å²) in [5, 5.41) is 0.765. The highest BCUT2D eigenvalue weighted by molar-refractivity contribution is 6.30. The first-order valence-corrected chi connectivity index (χ1v) is 7.37. The number of aromatic amines is 1. The van der Waals surface area contributed by atoms with Crippen molar-refractivity contribution >= 4 is 28.6 Å². The first-order valence-electron chi connectivity index (χ1n) is 6.99. The smallest absolute Gasteiger partial charge is 0.182 e. The number of rotatable bonds is 2. The van der Waals surface area contributed by atoms with Crippen LogP contribution in [0.4, 0.5) is 5.82 Å². The number of hydrogen-bond acceptors (Lipinski definition) is 4. The number of aromatic nitrogens is 4. The van der Waals surface area contributed by atoms with E-state index in [-0.39, 0.29) is 0 Å². The second-order valence-electron chi connectivity index (χ2n) is 5.20. The Morgan fingerprint density at radius 1 is 1.14 bits per heavy atom. The molecule has 1 aliphatic heterocycles. The molecule has 1 aliphatic rings. The summed E-state index contributed by atoms with van der Waals surface area (Å²) in [4.78, 5) is 18.3. The summed E-state index contributed by atoms with van der Waals surface area (Å²) >= 11 is 5.99. The molecule has 0 spiro atoms. The fraction of sp³-hybridized carbons (Fsp3) is 0.267. The highest BCUT2D eigenvalue weighted by atomic mass is 35.5. The van der Waals surface area contributed by atoms with E-state index in [0.717, 1.165) is 35.7 Å². The largest absolute Gasteiger partial charge is 0.348 e. The minimum absolute atomic E-state index is 0.323. The van der Waals surface area contributed by atoms with Gasteiger partial charge in [0.15, 0.2) is 11.5 Å². The first kappa shape index (κ1) is 12.6. The van der Waals surface area contributed by atoms with E-state index in [4.69, 9.17) is 11.6 Å². The van der Waals surface area contributed by atoms with Crippen LogP contribution in [0.3, 0.4) is 0 Å². The summed E-state index contributed by atoms with van der Waals surface area (Å²) in [6, 6.07) is 8.40. The number of benzene rings is 1. The predicted molar refractivity (Wildman–Crippen MR) is 82.5 cm³/mol. The summed E-state index contributed by atoms with van der Waals surface area (Å²) in [6.07, 6.45) is 5.50. The first-order chi connectivity index (χ1) is 10.3. The number of nitrogens with one attached hydrogen (secondary N) is 1. The van der Waals surface area contributed by atoms with Gasteiger partial charge < -0.3 is 9.88 Å². The Morgan fingerprint density at radius 3 is 2.86 bits per heavy atom. The average Bonchev–Trinajstić information content (AvgIpc) is 3.16. The Hall–Kier alpha value is -2.14. The summed E-state index contributed by atoms with van der Waals surface area (Å²) < 4.78 is 0. The van der Waals surface area contributed by atoms with Crippen LogP contribution < -0.4 is 4.90 Å². The Kier molecular flexibility index (Phi) is 3.00. The van der Waals surface area contributed by atoms with Crippen LogP contribution in [0.2, 0.25) is 5.02 Å². The van der Waals surface area contributed by atoms with Crippen molar-refractivity contribution in [1.29, 1.82) is 0 Å². The highest BCUT2D eigenvalue weighted by Crippen LogP contribution is 2.37. The maximum Gasteiger partial charge on any atom is 0.182 e. The van der Waals surface area contributed by atoms with Crippen LogP contribution in [0.25, 0.3) is 11.2 Å². The van der Waals surface area contributed by atoms with Crippen molar-refractivity contribution in [3.05, 3.63) is 47.5 Å². The van der Waals surface area contributed by atoms with Gasteiger partial charge in [0.25, 0.3) is 0 Å². The molecule has 1 atom stereocenters. The average molecular weight is 300 g/mol. The van der Waals surface area contributed by atoms with E-state index in [1.807, 2.05) is 12.1 Å². The number of hydrogen-bond donors (Lipinski definition) is 1. The van der Waals surface area contributed by atoms with E-state index in [1.165, 1.54) is 5.56 Å². The van der Waals surface area contributed by atoms with Gasteiger partial charge in [0.05, 0.1) is 12.4 Å². The lowest BCUT2D eigenvalue weighted by Gasteiger charge is -2.26. The number of fused-ring (bicyclic) bond motifs is 1. The lowest BCUT2D eigenvalue weighted by molar-refractivity contribution is 0.713. The number of halogens is 1. The summed E-state index contributed by atoms with van der Waals surface area (Å²) in [5.74, 6) is 0.926. The molecule has 0 saturated carbocycles. The zero-order valence-electron chi connectivity index (χ0n) is 11.3. The molecule has 106 valence electrons. The maximum atomic E-state index is 5.99. The van der Waals surface area contributed by atoms with Crippen molar-refractivity contribution in [2.24, 2.45) is 0 Å². The van der Waals surface area contributed by atoms with Crippen LogP contribution in [0, 0.1) is 0 Å². The lowest BCUT2D eigenvalue weighted by atomic mass is 10.0. The predicted octanol–water partition coefficient (Wildman–Crippen LogP) is 3.35. The summed E-state index contributed by atoms with van der Waals surface area (Å²) in [7, 11) is 0. The molecule has 2 aromatic heterocycles. The van der Waals surface area contributed by atoms with Crippen LogP contribution in [0.15, 0.2) is 36.9 Å². The molecule has 1 N–H and O–H groups in total. The molecule has 0 bridgehead atoms. The molecule has 6 heteroatoms. The van der Waals surface area contributed by atoms with E-state index in [2.05, 4.69) is 37.0 Å². The third-order valence-electron chi connectivity index (χ3n) is 3.98. The highest BCUT2D eigenvalue weighted by Gasteiger charge is 2.28. The van der Waals surface area contributed by atoms with Gasteiger partial charge in [-0.3, -0.25) is 0 Å². The van der Waals surface area contributed by atoms with E-state index in [0.29, 0.717) is 11.7 Å². The summed E-state index contributed by atoms with van der Waals surface area (Å²) in [6.45, 7) is 0.985. The Bertz CT molecular complexity index is 767. The molecule has 5 nitrogen and oxygen atoms in total. The maximum absolute atomic E-state index is 5.99. The van der Waals surface area contributed by atoms with Crippen molar-refractivity contribution in [2.75, 3.05) is 11.4 Å². The van der Waals surface area contributed by atoms with Crippen LogP contribution in [-0.2, 0) is 0 Å². The number of imidazole rings is 1. The van der Waals surface area contributed by atoms with E-state index in [1.54, 1.807) is 12.7 Å². The van der Waals surface area contributed by atoms with Gasteiger partial charge in [-0.1, -0.05) is 23.7 Å². The fourth-order valence-corrected chi connectivity index (χ4v) is 3.15. The van der Waals surface area contributed by atoms with Gasteiger partial charge >= 0.3 is 0 Å². The van der Waals surface area contributed by atoms with Crippen molar-refractivity contribution in [3.63, 3.8) is 0 Å². The molecular formula is C15H14ClN5. The topological polar surface area (TPSA) is 57.7 Å². The van der Waals surface area contributed by atoms with Gasteiger partial charge in [-0.25, -0.2) is 15.0 Å². The van der Waals surface area contributed by atoms with Crippen LogP contribution in [0.5, 0.6) is 0 Å². The zero-order chi connectivity index (χ0) is 14.2. The monoisotopic (exact) mass is 299 g/mol. The lowest BCUT2D eigenvalue weighted by Crippen LogP contribution is -2.24. The number of nitrogens with zero attached hydrogens (tertiary/aromatic N) is 4. The SMILES string of the molecule is Clc1ccc(C2CCCN2c2ncnc3nc[nH]c23)cc1. The molecule has 1 saturated heterocycles.